The van der Waals surface area contributed by atoms with Crippen LogP contribution in [0, 0.1) is 12.7 Å². The zero-order valence-corrected chi connectivity index (χ0v) is 20.8. The van der Waals surface area contributed by atoms with E-state index in [1.54, 1.807) is 41.3 Å². The molecule has 1 unspecified atom stereocenters. The van der Waals surface area contributed by atoms with Gasteiger partial charge in [0.2, 0.25) is 15.9 Å². The lowest BCUT2D eigenvalue weighted by Crippen LogP contribution is -2.52. The predicted molar refractivity (Wildman–Crippen MR) is 134 cm³/mol. The van der Waals surface area contributed by atoms with Crippen LogP contribution in [0.5, 0.6) is 0 Å². The van der Waals surface area contributed by atoms with Crippen molar-refractivity contribution in [1.82, 2.24) is 14.1 Å². The smallest absolute Gasteiger partial charge is 0.243 e. The number of aryl methyl sites for hydroxylation is 1. The molecule has 0 radical (unpaired) electrons. The summed E-state index contributed by atoms with van der Waals surface area (Å²) < 4.78 is 40.9. The monoisotopic (exact) mass is 495 g/mol. The van der Waals surface area contributed by atoms with Gasteiger partial charge >= 0.3 is 0 Å². The molecular weight excluding hydrogens is 465 g/mol. The first-order valence-electron chi connectivity index (χ1n) is 11.6. The highest BCUT2D eigenvalue weighted by Gasteiger charge is 2.31. The van der Waals surface area contributed by atoms with Crippen LogP contribution in [0.4, 0.5) is 4.39 Å². The Kier molecular flexibility index (Phi) is 7.64. The fraction of sp³-hybridized carbons (Fsp3) is 0.296. The molecule has 0 saturated carbocycles. The Morgan fingerprint density at radius 3 is 2.06 bits per heavy atom. The van der Waals surface area contributed by atoms with Crippen molar-refractivity contribution in [3.63, 3.8) is 0 Å². The number of halogens is 1. The summed E-state index contributed by atoms with van der Waals surface area (Å²) in [6.45, 7) is 3.25. The summed E-state index contributed by atoms with van der Waals surface area (Å²) in [5.41, 5.74) is 2.89. The lowest BCUT2D eigenvalue weighted by Gasteiger charge is -2.36. The van der Waals surface area contributed by atoms with Crippen LogP contribution in [0.1, 0.15) is 22.7 Å². The Labute approximate surface area is 206 Å². The SMILES string of the molecule is Cc1ccc(S(=O)(=O)N2CCN(C(=O)CN(C)C(c3ccccc3)c3ccc(F)cc3)CC2)cc1. The fourth-order valence-electron chi connectivity index (χ4n) is 4.42. The van der Waals surface area contributed by atoms with Crippen LogP contribution in [-0.4, -0.2) is 68.2 Å². The van der Waals surface area contributed by atoms with E-state index in [-0.39, 0.29) is 42.3 Å². The second kappa shape index (κ2) is 10.7. The maximum atomic E-state index is 13.5. The molecular formula is C27H30FN3O3S. The van der Waals surface area contributed by atoms with Gasteiger partial charge in [-0.2, -0.15) is 4.31 Å². The molecule has 1 amide bonds. The number of carbonyl (C=O) groups excluding carboxylic acids is 1. The number of amides is 1. The zero-order valence-electron chi connectivity index (χ0n) is 20.0. The van der Waals surface area contributed by atoms with Gasteiger partial charge in [0.1, 0.15) is 5.82 Å². The summed E-state index contributed by atoms with van der Waals surface area (Å²) in [5.74, 6) is -0.374. The van der Waals surface area contributed by atoms with Gasteiger partial charge in [0.25, 0.3) is 0 Å². The molecule has 184 valence electrons. The van der Waals surface area contributed by atoms with Crippen molar-refractivity contribution in [3.8, 4) is 0 Å². The lowest BCUT2D eigenvalue weighted by molar-refractivity contribution is -0.133. The van der Waals surface area contributed by atoms with Gasteiger partial charge in [-0.05, 0) is 49.4 Å². The van der Waals surface area contributed by atoms with Crippen molar-refractivity contribution in [2.45, 2.75) is 17.9 Å². The van der Waals surface area contributed by atoms with Crippen LogP contribution in [0.2, 0.25) is 0 Å². The van der Waals surface area contributed by atoms with Crippen molar-refractivity contribution >= 4 is 15.9 Å². The van der Waals surface area contributed by atoms with E-state index in [0.29, 0.717) is 13.1 Å². The molecule has 35 heavy (non-hydrogen) atoms. The number of likely N-dealkylation sites (N-methyl/N-ethyl adjacent to an activating group) is 1. The highest BCUT2D eigenvalue weighted by Crippen LogP contribution is 2.28. The second-order valence-electron chi connectivity index (χ2n) is 8.88. The van der Waals surface area contributed by atoms with Gasteiger partial charge in [0, 0.05) is 26.2 Å². The molecule has 0 N–H and O–H groups in total. The third kappa shape index (κ3) is 5.78. The number of hydrogen-bond donors (Lipinski definition) is 0. The first kappa shape index (κ1) is 25.0. The number of nitrogens with zero attached hydrogens (tertiary/aromatic N) is 3. The minimum atomic E-state index is -3.59. The molecule has 0 spiro atoms. The van der Waals surface area contributed by atoms with Crippen LogP contribution < -0.4 is 0 Å². The number of carbonyl (C=O) groups is 1. The Hall–Kier alpha value is -3.07. The third-order valence-electron chi connectivity index (χ3n) is 6.38. The molecule has 3 aromatic carbocycles. The van der Waals surface area contributed by atoms with Crippen LogP contribution in [0.3, 0.4) is 0 Å². The van der Waals surface area contributed by atoms with E-state index < -0.39 is 10.0 Å². The minimum Gasteiger partial charge on any atom is -0.339 e. The van der Waals surface area contributed by atoms with E-state index >= 15 is 0 Å². The zero-order chi connectivity index (χ0) is 25.0. The average Bonchev–Trinajstić information content (AvgIpc) is 2.86. The van der Waals surface area contributed by atoms with Gasteiger partial charge in [-0.3, -0.25) is 9.69 Å². The number of sulfonamides is 1. The fourth-order valence-corrected chi connectivity index (χ4v) is 5.85. The van der Waals surface area contributed by atoms with Crippen molar-refractivity contribution in [1.29, 1.82) is 0 Å². The Morgan fingerprint density at radius 1 is 0.886 bits per heavy atom. The lowest BCUT2D eigenvalue weighted by atomic mass is 9.97. The normalized spacial score (nSPS) is 15.8. The number of benzene rings is 3. The second-order valence-corrected chi connectivity index (χ2v) is 10.8. The van der Waals surface area contributed by atoms with E-state index in [9.17, 15) is 17.6 Å². The van der Waals surface area contributed by atoms with Gasteiger partial charge in [0.05, 0.1) is 17.5 Å². The number of hydrogen-bond acceptors (Lipinski definition) is 4. The van der Waals surface area contributed by atoms with E-state index in [0.717, 1.165) is 16.7 Å². The summed E-state index contributed by atoms with van der Waals surface area (Å²) in [6.07, 6.45) is 0. The standard InChI is InChI=1S/C27H30FN3O3S/c1-21-8-14-25(15-9-21)35(33,34)31-18-16-30(17-19-31)26(32)20-29(2)27(22-6-4-3-5-7-22)23-10-12-24(28)13-11-23/h3-15,27H,16-20H2,1-2H3. The van der Waals surface area contributed by atoms with E-state index in [2.05, 4.69) is 0 Å². The van der Waals surface area contributed by atoms with Crippen LogP contribution in [-0.2, 0) is 14.8 Å². The Balaban J connectivity index is 1.42. The van der Waals surface area contributed by atoms with Crippen LogP contribution in [0.15, 0.2) is 83.8 Å². The molecule has 1 aliphatic rings. The van der Waals surface area contributed by atoms with Gasteiger partial charge in [0.15, 0.2) is 0 Å². The molecule has 1 saturated heterocycles. The first-order valence-corrected chi connectivity index (χ1v) is 13.0. The van der Waals surface area contributed by atoms with E-state index in [1.165, 1.54) is 16.4 Å². The van der Waals surface area contributed by atoms with Crippen molar-refractivity contribution in [2.75, 3.05) is 39.8 Å². The van der Waals surface area contributed by atoms with Gasteiger partial charge in [-0.1, -0.05) is 60.2 Å². The Morgan fingerprint density at radius 2 is 1.46 bits per heavy atom. The van der Waals surface area contributed by atoms with Gasteiger partial charge in [-0.15, -0.1) is 0 Å². The molecule has 1 aliphatic heterocycles. The summed E-state index contributed by atoms with van der Waals surface area (Å²) in [7, 11) is -1.71. The molecule has 0 bridgehead atoms. The molecule has 8 heteroatoms. The average molecular weight is 496 g/mol. The topological polar surface area (TPSA) is 60.9 Å². The Bertz CT molecular complexity index is 1240. The molecule has 3 aromatic rings. The maximum absolute atomic E-state index is 13.5. The summed E-state index contributed by atoms with van der Waals surface area (Å²) >= 11 is 0. The van der Waals surface area contributed by atoms with Crippen molar-refractivity contribution in [2.24, 2.45) is 0 Å². The summed E-state index contributed by atoms with van der Waals surface area (Å²) in [5, 5.41) is 0. The summed E-state index contributed by atoms with van der Waals surface area (Å²) in [4.78, 5) is 17.1. The largest absolute Gasteiger partial charge is 0.339 e. The number of rotatable bonds is 7. The van der Waals surface area contributed by atoms with Gasteiger partial charge < -0.3 is 4.90 Å². The highest BCUT2D eigenvalue weighted by molar-refractivity contribution is 7.89. The molecule has 1 atom stereocenters. The van der Waals surface area contributed by atoms with Crippen LogP contribution >= 0.6 is 0 Å². The molecule has 1 fully saturated rings. The van der Waals surface area contributed by atoms with Crippen molar-refractivity contribution < 1.29 is 17.6 Å². The highest BCUT2D eigenvalue weighted by atomic mass is 32.2. The predicted octanol–water partition coefficient (Wildman–Crippen LogP) is 3.69. The molecule has 4 rings (SSSR count). The van der Waals surface area contributed by atoms with Crippen LogP contribution in [0.25, 0.3) is 0 Å². The van der Waals surface area contributed by atoms with Crippen molar-refractivity contribution in [3.05, 3.63) is 101 Å². The molecule has 0 aliphatic carbocycles. The molecule has 1 heterocycles. The third-order valence-corrected chi connectivity index (χ3v) is 8.29. The first-order chi connectivity index (χ1) is 16.8. The molecule has 0 aromatic heterocycles. The summed E-state index contributed by atoms with van der Waals surface area (Å²) in [6, 6.07) is 22.7. The number of piperazine rings is 1. The minimum absolute atomic E-state index is 0.0667. The van der Waals surface area contributed by atoms with Gasteiger partial charge in [-0.25, -0.2) is 12.8 Å². The maximum Gasteiger partial charge on any atom is 0.243 e. The van der Waals surface area contributed by atoms with E-state index in [1.807, 2.05) is 49.2 Å². The molecule has 6 nitrogen and oxygen atoms in total. The van der Waals surface area contributed by atoms with E-state index in [4.69, 9.17) is 0 Å². The quantitative estimate of drug-likeness (QED) is 0.502.